The molecule has 7 heteroatoms. The molecular formula is C13H21N5OS. The van der Waals surface area contributed by atoms with Gasteiger partial charge in [-0.25, -0.2) is 0 Å². The SMILES string of the molecule is COCCCn1cnnc1SCCCc1cnn(C)c1. The number of hydrogen-bond acceptors (Lipinski definition) is 5. The van der Waals surface area contributed by atoms with E-state index in [-0.39, 0.29) is 0 Å². The fourth-order valence-electron chi connectivity index (χ4n) is 1.93. The Morgan fingerprint density at radius 1 is 1.35 bits per heavy atom. The summed E-state index contributed by atoms with van der Waals surface area (Å²) in [6.45, 7) is 1.68. The van der Waals surface area contributed by atoms with Crippen molar-refractivity contribution in [3.8, 4) is 0 Å². The van der Waals surface area contributed by atoms with Gasteiger partial charge in [-0.3, -0.25) is 4.68 Å². The number of nitrogens with zero attached hydrogens (tertiary/aromatic N) is 5. The molecule has 0 N–H and O–H groups in total. The fourth-order valence-corrected chi connectivity index (χ4v) is 2.81. The predicted octanol–water partition coefficient (Wildman–Crippen LogP) is 1.77. The summed E-state index contributed by atoms with van der Waals surface area (Å²) in [4.78, 5) is 0. The molecule has 0 radical (unpaired) electrons. The topological polar surface area (TPSA) is 57.8 Å². The molecule has 2 heterocycles. The number of aryl methyl sites for hydroxylation is 3. The molecule has 0 fully saturated rings. The van der Waals surface area contributed by atoms with E-state index in [0.717, 1.165) is 43.3 Å². The summed E-state index contributed by atoms with van der Waals surface area (Å²) >= 11 is 1.76. The van der Waals surface area contributed by atoms with Crippen LogP contribution in [0.2, 0.25) is 0 Å². The van der Waals surface area contributed by atoms with E-state index in [9.17, 15) is 0 Å². The van der Waals surface area contributed by atoms with Crippen LogP contribution in [0.3, 0.4) is 0 Å². The molecule has 0 saturated heterocycles. The number of ether oxygens (including phenoxy) is 1. The lowest BCUT2D eigenvalue weighted by Gasteiger charge is -2.05. The highest BCUT2D eigenvalue weighted by Gasteiger charge is 2.05. The minimum Gasteiger partial charge on any atom is -0.385 e. The lowest BCUT2D eigenvalue weighted by atomic mass is 10.2. The van der Waals surface area contributed by atoms with Gasteiger partial charge in [0.2, 0.25) is 0 Å². The van der Waals surface area contributed by atoms with Crippen LogP contribution in [0.25, 0.3) is 0 Å². The van der Waals surface area contributed by atoms with Crippen molar-refractivity contribution < 1.29 is 4.74 Å². The van der Waals surface area contributed by atoms with Gasteiger partial charge in [0.1, 0.15) is 6.33 Å². The third kappa shape index (κ3) is 4.64. The Labute approximate surface area is 123 Å². The van der Waals surface area contributed by atoms with E-state index in [1.165, 1.54) is 5.56 Å². The summed E-state index contributed by atoms with van der Waals surface area (Å²) in [6, 6.07) is 0. The summed E-state index contributed by atoms with van der Waals surface area (Å²) in [6.07, 6.45) is 8.94. The predicted molar refractivity (Wildman–Crippen MR) is 78.8 cm³/mol. The van der Waals surface area contributed by atoms with Gasteiger partial charge in [-0.1, -0.05) is 11.8 Å². The highest BCUT2D eigenvalue weighted by atomic mass is 32.2. The van der Waals surface area contributed by atoms with Crippen LogP contribution >= 0.6 is 11.8 Å². The van der Waals surface area contributed by atoms with Gasteiger partial charge in [0.15, 0.2) is 5.16 Å². The molecule has 0 aliphatic rings. The number of rotatable bonds is 9. The zero-order chi connectivity index (χ0) is 14.2. The van der Waals surface area contributed by atoms with Crippen LogP contribution < -0.4 is 0 Å². The van der Waals surface area contributed by atoms with Crippen molar-refractivity contribution in [3.05, 3.63) is 24.3 Å². The first-order valence-corrected chi connectivity index (χ1v) is 7.75. The minimum absolute atomic E-state index is 0.767. The maximum Gasteiger partial charge on any atom is 0.190 e. The van der Waals surface area contributed by atoms with Gasteiger partial charge in [-0.15, -0.1) is 10.2 Å². The van der Waals surface area contributed by atoms with Crippen molar-refractivity contribution in [2.75, 3.05) is 19.5 Å². The van der Waals surface area contributed by atoms with E-state index in [4.69, 9.17) is 4.74 Å². The number of methoxy groups -OCH3 is 1. The lowest BCUT2D eigenvalue weighted by Crippen LogP contribution is -2.02. The Bertz CT molecular complexity index is 510. The largest absolute Gasteiger partial charge is 0.385 e. The molecule has 0 bridgehead atoms. The molecule has 0 amide bonds. The average Bonchev–Trinajstić information content (AvgIpc) is 3.04. The molecule has 20 heavy (non-hydrogen) atoms. The molecule has 0 aromatic carbocycles. The second-order valence-electron chi connectivity index (χ2n) is 4.63. The van der Waals surface area contributed by atoms with Gasteiger partial charge in [0, 0.05) is 39.3 Å². The monoisotopic (exact) mass is 295 g/mol. The van der Waals surface area contributed by atoms with Crippen LogP contribution in [0.1, 0.15) is 18.4 Å². The summed E-state index contributed by atoms with van der Waals surface area (Å²) in [5, 5.41) is 13.3. The normalized spacial score (nSPS) is 11.1. The Morgan fingerprint density at radius 2 is 2.25 bits per heavy atom. The first-order chi connectivity index (χ1) is 9.79. The van der Waals surface area contributed by atoms with Crippen molar-refractivity contribution >= 4 is 11.8 Å². The molecule has 0 aliphatic heterocycles. The van der Waals surface area contributed by atoms with Gasteiger partial charge in [-0.2, -0.15) is 5.10 Å². The molecule has 0 atom stereocenters. The lowest BCUT2D eigenvalue weighted by molar-refractivity contribution is 0.189. The van der Waals surface area contributed by atoms with Crippen LogP contribution in [-0.4, -0.2) is 44.0 Å². The van der Waals surface area contributed by atoms with Crippen molar-refractivity contribution in [1.82, 2.24) is 24.5 Å². The molecule has 0 spiro atoms. The number of hydrogen-bond donors (Lipinski definition) is 0. The summed E-state index contributed by atoms with van der Waals surface area (Å²) < 4.78 is 8.99. The van der Waals surface area contributed by atoms with Gasteiger partial charge < -0.3 is 9.30 Å². The first kappa shape index (κ1) is 15.1. The average molecular weight is 295 g/mol. The highest BCUT2D eigenvalue weighted by Crippen LogP contribution is 2.17. The molecule has 110 valence electrons. The van der Waals surface area contributed by atoms with Crippen molar-refractivity contribution in [2.24, 2.45) is 7.05 Å². The van der Waals surface area contributed by atoms with E-state index in [1.54, 1.807) is 25.2 Å². The summed E-state index contributed by atoms with van der Waals surface area (Å²) in [5.74, 6) is 1.04. The van der Waals surface area contributed by atoms with Crippen molar-refractivity contribution in [3.63, 3.8) is 0 Å². The first-order valence-electron chi connectivity index (χ1n) is 6.76. The van der Waals surface area contributed by atoms with Crippen molar-refractivity contribution in [1.29, 1.82) is 0 Å². The number of thioether (sulfide) groups is 1. The quantitative estimate of drug-likeness (QED) is 0.521. The smallest absolute Gasteiger partial charge is 0.190 e. The van der Waals surface area contributed by atoms with Gasteiger partial charge in [-0.05, 0) is 24.8 Å². The molecular weight excluding hydrogens is 274 g/mol. The minimum atomic E-state index is 0.767. The van der Waals surface area contributed by atoms with Crippen LogP contribution in [0, 0.1) is 0 Å². The van der Waals surface area contributed by atoms with Crippen LogP contribution in [-0.2, 0) is 24.8 Å². The third-order valence-corrected chi connectivity index (χ3v) is 3.99. The van der Waals surface area contributed by atoms with Gasteiger partial charge >= 0.3 is 0 Å². The molecule has 2 aromatic rings. The van der Waals surface area contributed by atoms with Crippen LogP contribution in [0.5, 0.6) is 0 Å². The third-order valence-electron chi connectivity index (χ3n) is 2.93. The molecule has 0 aliphatic carbocycles. The molecule has 6 nitrogen and oxygen atoms in total. The second kappa shape index (κ2) is 8.06. The standard InChI is InChI=1S/C13H21N5OS/c1-17-10-12(9-15-17)5-3-8-20-13-16-14-11-18(13)6-4-7-19-2/h9-11H,3-8H2,1-2H3. The highest BCUT2D eigenvalue weighted by molar-refractivity contribution is 7.99. The maximum absolute atomic E-state index is 5.06. The summed E-state index contributed by atoms with van der Waals surface area (Å²) in [7, 11) is 3.67. The molecule has 2 rings (SSSR count). The Hall–Kier alpha value is -1.34. The van der Waals surface area contributed by atoms with Gasteiger partial charge in [0.25, 0.3) is 0 Å². The Kier molecular flexibility index (Phi) is 6.07. The van der Waals surface area contributed by atoms with Crippen LogP contribution in [0.15, 0.2) is 23.9 Å². The maximum atomic E-state index is 5.06. The fraction of sp³-hybridized carbons (Fsp3) is 0.615. The van der Waals surface area contributed by atoms with E-state index >= 15 is 0 Å². The molecule has 2 aromatic heterocycles. The molecule has 0 saturated carbocycles. The molecule has 0 unspecified atom stereocenters. The van der Waals surface area contributed by atoms with E-state index in [1.807, 2.05) is 17.9 Å². The Morgan fingerprint density at radius 3 is 3.00 bits per heavy atom. The zero-order valence-electron chi connectivity index (χ0n) is 12.0. The van der Waals surface area contributed by atoms with Gasteiger partial charge in [0.05, 0.1) is 6.20 Å². The van der Waals surface area contributed by atoms with Crippen LogP contribution in [0.4, 0.5) is 0 Å². The number of aromatic nitrogens is 5. The Balaban J connectivity index is 1.70. The van der Waals surface area contributed by atoms with E-state index in [2.05, 4.69) is 26.1 Å². The van der Waals surface area contributed by atoms with Crippen molar-refractivity contribution in [2.45, 2.75) is 31.0 Å². The van der Waals surface area contributed by atoms with E-state index < -0.39 is 0 Å². The summed E-state index contributed by atoms with van der Waals surface area (Å²) in [5.41, 5.74) is 1.29. The zero-order valence-corrected chi connectivity index (χ0v) is 12.8. The second-order valence-corrected chi connectivity index (χ2v) is 5.69. The van der Waals surface area contributed by atoms with E-state index in [0.29, 0.717) is 0 Å².